The van der Waals surface area contributed by atoms with Crippen molar-refractivity contribution in [2.45, 2.75) is 6.04 Å². The van der Waals surface area contributed by atoms with Gasteiger partial charge < -0.3 is 15.5 Å². The average molecular weight is 477 g/mol. The highest BCUT2D eigenvalue weighted by molar-refractivity contribution is 6.36. The van der Waals surface area contributed by atoms with Crippen LogP contribution < -0.4 is 10.6 Å². The van der Waals surface area contributed by atoms with Gasteiger partial charge in [0.25, 0.3) is 0 Å². The molecule has 3 aromatic rings. The van der Waals surface area contributed by atoms with E-state index in [-0.39, 0.29) is 11.9 Å². The number of hydrogen-bond acceptors (Lipinski definition) is 3. The van der Waals surface area contributed by atoms with Gasteiger partial charge in [0, 0.05) is 46.6 Å². The van der Waals surface area contributed by atoms with Gasteiger partial charge in [0.2, 0.25) is 0 Å². The highest BCUT2D eigenvalue weighted by Gasteiger charge is 2.31. The van der Waals surface area contributed by atoms with E-state index in [0.29, 0.717) is 40.4 Å². The number of halogens is 4. The summed E-state index contributed by atoms with van der Waals surface area (Å²) in [7, 11) is 0. The Balaban J connectivity index is 1.68. The number of nitrogen functional groups attached to an aromatic ring is 1. The second-order valence-corrected chi connectivity index (χ2v) is 8.76. The van der Waals surface area contributed by atoms with Gasteiger partial charge >= 0.3 is 0 Å². The second-order valence-electron chi connectivity index (χ2n) is 7.48. The summed E-state index contributed by atoms with van der Waals surface area (Å²) in [5.41, 5.74) is 9.94. The Kier molecular flexibility index (Phi) is 6.33. The van der Waals surface area contributed by atoms with Gasteiger partial charge in [-0.25, -0.2) is 4.39 Å². The van der Waals surface area contributed by atoms with Crippen LogP contribution in [0.4, 0.5) is 15.8 Å². The molecule has 0 aromatic heterocycles. The number of rotatable bonds is 4. The van der Waals surface area contributed by atoms with E-state index < -0.39 is 0 Å². The van der Waals surface area contributed by atoms with Crippen LogP contribution in [0.15, 0.2) is 67.2 Å². The first-order chi connectivity index (χ1) is 14.8. The monoisotopic (exact) mass is 475 g/mol. The molecule has 0 radical (unpaired) electrons. The van der Waals surface area contributed by atoms with E-state index in [1.165, 1.54) is 12.1 Å². The normalized spacial score (nSPS) is 16.5. The molecule has 7 heteroatoms. The first-order valence-electron chi connectivity index (χ1n) is 9.80. The van der Waals surface area contributed by atoms with E-state index in [4.69, 9.17) is 40.5 Å². The van der Waals surface area contributed by atoms with Crippen molar-refractivity contribution in [1.82, 2.24) is 4.90 Å². The van der Waals surface area contributed by atoms with Crippen molar-refractivity contribution < 1.29 is 4.39 Å². The van der Waals surface area contributed by atoms with Gasteiger partial charge in [-0.05, 0) is 54.1 Å². The summed E-state index contributed by atoms with van der Waals surface area (Å²) >= 11 is 18.8. The maximum Gasteiger partial charge on any atom is 0.125 e. The predicted molar refractivity (Wildman–Crippen MR) is 129 cm³/mol. The van der Waals surface area contributed by atoms with Crippen molar-refractivity contribution in [2.75, 3.05) is 30.3 Å². The first kappa shape index (κ1) is 21.8. The van der Waals surface area contributed by atoms with E-state index in [9.17, 15) is 4.39 Å². The van der Waals surface area contributed by atoms with Crippen LogP contribution >= 0.6 is 34.8 Å². The van der Waals surface area contributed by atoms with Gasteiger partial charge in [0.1, 0.15) is 5.82 Å². The minimum absolute atomic E-state index is 0.0110. The molecule has 3 aromatic carbocycles. The van der Waals surface area contributed by atoms with Crippen molar-refractivity contribution in [3.8, 4) is 0 Å². The predicted octanol–water partition coefficient (Wildman–Crippen LogP) is 6.90. The van der Waals surface area contributed by atoms with E-state index >= 15 is 0 Å². The van der Waals surface area contributed by atoms with Crippen molar-refractivity contribution in [3.05, 3.63) is 99.3 Å². The van der Waals surface area contributed by atoms with Crippen LogP contribution in [-0.2, 0) is 0 Å². The molecular weight excluding hydrogens is 456 g/mol. The van der Waals surface area contributed by atoms with Gasteiger partial charge in [-0.2, -0.15) is 0 Å². The molecule has 4 rings (SSSR count). The molecule has 2 N–H and O–H groups in total. The lowest BCUT2D eigenvalue weighted by Crippen LogP contribution is -2.47. The van der Waals surface area contributed by atoms with E-state index in [1.54, 1.807) is 12.1 Å². The molecule has 1 unspecified atom stereocenters. The van der Waals surface area contributed by atoms with Crippen LogP contribution in [-0.4, -0.2) is 24.5 Å². The molecule has 0 saturated carbocycles. The fourth-order valence-electron chi connectivity index (χ4n) is 3.97. The molecular formula is C24H21Cl3FN3. The zero-order chi connectivity index (χ0) is 22.1. The van der Waals surface area contributed by atoms with Gasteiger partial charge in [-0.1, -0.05) is 53.5 Å². The molecule has 3 nitrogen and oxygen atoms in total. The quantitative estimate of drug-likeness (QED) is 0.416. The van der Waals surface area contributed by atoms with E-state index in [2.05, 4.69) is 16.4 Å². The van der Waals surface area contributed by atoms with Crippen LogP contribution in [0.2, 0.25) is 15.1 Å². The number of hydrogen-bond donors (Lipinski definition) is 1. The van der Waals surface area contributed by atoms with Crippen molar-refractivity contribution in [3.63, 3.8) is 0 Å². The fraction of sp³-hybridized carbons (Fsp3) is 0.167. The highest BCUT2D eigenvalue weighted by atomic mass is 35.5. The fourth-order valence-corrected chi connectivity index (χ4v) is 4.61. The smallest absolute Gasteiger partial charge is 0.125 e. The van der Waals surface area contributed by atoms with Crippen LogP contribution in [0.5, 0.6) is 0 Å². The van der Waals surface area contributed by atoms with Gasteiger partial charge in [0.05, 0.1) is 16.8 Å². The third-order valence-corrected chi connectivity index (χ3v) is 6.35. The van der Waals surface area contributed by atoms with Crippen LogP contribution in [0.25, 0.3) is 5.70 Å². The zero-order valence-corrected chi connectivity index (χ0v) is 18.9. The Morgan fingerprint density at radius 1 is 0.935 bits per heavy atom. The number of nitrogens with zero attached hydrogens (tertiary/aromatic N) is 2. The molecule has 0 amide bonds. The van der Waals surface area contributed by atoms with E-state index in [0.717, 1.165) is 22.5 Å². The summed E-state index contributed by atoms with van der Waals surface area (Å²) in [5, 5.41) is 1.87. The molecule has 1 fully saturated rings. The van der Waals surface area contributed by atoms with Crippen LogP contribution in [0, 0.1) is 5.82 Å². The van der Waals surface area contributed by atoms with Crippen molar-refractivity contribution >= 4 is 51.9 Å². The van der Waals surface area contributed by atoms with Gasteiger partial charge in [0.15, 0.2) is 0 Å². The Morgan fingerprint density at radius 2 is 1.65 bits per heavy atom. The average Bonchev–Trinajstić information content (AvgIpc) is 2.74. The molecule has 1 aliphatic rings. The summed E-state index contributed by atoms with van der Waals surface area (Å²) in [5.74, 6) is -0.365. The summed E-state index contributed by atoms with van der Waals surface area (Å²) in [6, 6.07) is 17.7. The molecule has 160 valence electrons. The minimum atomic E-state index is -0.365. The lowest BCUT2D eigenvalue weighted by atomic mass is 9.99. The largest absolute Gasteiger partial charge is 0.398 e. The van der Waals surface area contributed by atoms with Gasteiger partial charge in [-0.3, -0.25) is 0 Å². The number of nitrogens with two attached hydrogens (primary N) is 1. The molecule has 1 aliphatic heterocycles. The van der Waals surface area contributed by atoms with Crippen molar-refractivity contribution in [2.24, 2.45) is 0 Å². The van der Waals surface area contributed by atoms with Crippen LogP contribution in [0.3, 0.4) is 0 Å². The Labute approximate surface area is 196 Å². The first-order valence-corrected chi connectivity index (χ1v) is 10.9. The molecule has 0 aliphatic carbocycles. The molecule has 1 saturated heterocycles. The van der Waals surface area contributed by atoms with Gasteiger partial charge in [-0.15, -0.1) is 0 Å². The standard InChI is InChI=1S/C24H21Cl3FN3/c1-15(20-8-7-19(28)13-22(20)29)30-10-11-31(23-9-6-18(26)12-21(23)27)24(14-30)16-2-4-17(25)5-3-16/h2-9,12-13,24H,1,10-11,14,29H2. The lowest BCUT2D eigenvalue weighted by molar-refractivity contribution is 0.316. The lowest BCUT2D eigenvalue weighted by Gasteiger charge is -2.45. The number of benzene rings is 3. The number of piperazine rings is 1. The summed E-state index contributed by atoms with van der Waals surface area (Å²) in [6.07, 6.45) is 0. The Morgan fingerprint density at radius 3 is 2.32 bits per heavy atom. The second kappa shape index (κ2) is 8.99. The topological polar surface area (TPSA) is 32.5 Å². The summed E-state index contributed by atoms with van der Waals surface area (Å²) in [4.78, 5) is 4.43. The maximum atomic E-state index is 13.5. The third kappa shape index (κ3) is 4.62. The van der Waals surface area contributed by atoms with Crippen LogP contribution in [0.1, 0.15) is 17.2 Å². The number of anilines is 2. The zero-order valence-electron chi connectivity index (χ0n) is 16.7. The Bertz CT molecular complexity index is 1120. The highest BCUT2D eigenvalue weighted by Crippen LogP contribution is 2.38. The molecule has 0 spiro atoms. The summed E-state index contributed by atoms with van der Waals surface area (Å²) in [6.45, 7) is 6.31. The maximum absolute atomic E-state index is 13.5. The minimum Gasteiger partial charge on any atom is -0.398 e. The van der Waals surface area contributed by atoms with E-state index in [1.807, 2.05) is 36.4 Å². The molecule has 1 atom stereocenters. The summed E-state index contributed by atoms with van der Waals surface area (Å²) < 4.78 is 13.5. The van der Waals surface area contributed by atoms with Crippen molar-refractivity contribution in [1.29, 1.82) is 0 Å². The SMILES string of the molecule is C=C(c1ccc(F)cc1N)N1CCN(c2ccc(Cl)cc2Cl)C(c2ccc(Cl)cc2)C1. The third-order valence-electron chi connectivity index (χ3n) is 5.56. The Hall–Kier alpha value is -2.40. The molecule has 31 heavy (non-hydrogen) atoms. The molecule has 1 heterocycles. The molecule has 0 bridgehead atoms.